The van der Waals surface area contributed by atoms with Gasteiger partial charge in [-0.1, -0.05) is 0 Å². The van der Waals surface area contributed by atoms with Crippen molar-refractivity contribution in [3.63, 3.8) is 0 Å². The molecule has 2 N–H and O–H groups in total. The minimum absolute atomic E-state index is 0.101. The van der Waals surface area contributed by atoms with Gasteiger partial charge in [0.15, 0.2) is 5.65 Å². The molecule has 31 heavy (non-hydrogen) atoms. The fraction of sp³-hybridized carbons (Fsp3) is 0.429. The van der Waals surface area contributed by atoms with Crippen LogP contribution in [0.5, 0.6) is 0 Å². The Balaban J connectivity index is 1.39. The van der Waals surface area contributed by atoms with Crippen LogP contribution in [0.4, 0.5) is 0 Å². The smallest absolute Gasteiger partial charge is 0.255 e. The molecule has 158 valence electrons. The van der Waals surface area contributed by atoms with E-state index in [9.17, 15) is 9.59 Å². The van der Waals surface area contributed by atoms with E-state index < -0.39 is 6.04 Å². The molecule has 1 aliphatic heterocycles. The summed E-state index contributed by atoms with van der Waals surface area (Å²) in [6.45, 7) is 0.991. The lowest BCUT2D eigenvalue weighted by molar-refractivity contribution is -0.132. The minimum Gasteiger partial charge on any atom is -0.344 e. The van der Waals surface area contributed by atoms with E-state index in [4.69, 9.17) is 5.26 Å². The van der Waals surface area contributed by atoms with Gasteiger partial charge in [-0.3, -0.25) is 14.3 Å². The number of carbonyl (C=O) groups is 2. The van der Waals surface area contributed by atoms with Crippen LogP contribution in [0.25, 0.3) is 22.4 Å². The average molecular weight is 418 g/mol. The van der Waals surface area contributed by atoms with E-state index in [0.717, 1.165) is 18.4 Å². The molecule has 5 rings (SSSR count). The molecule has 1 aliphatic carbocycles. The number of carbonyl (C=O) groups excluding carboxylic acids is 2. The number of nitriles is 1. The number of fused-ring (bicyclic) bond motifs is 1. The van der Waals surface area contributed by atoms with Crippen molar-refractivity contribution >= 4 is 23.0 Å². The molecule has 0 radical (unpaired) electrons. The highest BCUT2D eigenvalue weighted by molar-refractivity contribution is 6.06. The first-order valence-corrected chi connectivity index (χ1v) is 10.4. The molecule has 3 aromatic heterocycles. The number of rotatable bonds is 5. The van der Waals surface area contributed by atoms with E-state index in [2.05, 4.69) is 31.4 Å². The first-order chi connectivity index (χ1) is 15.0. The Morgan fingerprint density at radius 2 is 2.16 bits per heavy atom. The van der Waals surface area contributed by atoms with E-state index in [-0.39, 0.29) is 23.7 Å². The minimum atomic E-state index is -0.579. The third kappa shape index (κ3) is 3.63. The summed E-state index contributed by atoms with van der Waals surface area (Å²) in [7, 11) is 1.82. The van der Waals surface area contributed by atoms with Gasteiger partial charge < -0.3 is 15.2 Å². The topological polar surface area (TPSA) is 133 Å². The Bertz CT molecular complexity index is 1200. The normalized spacial score (nSPS) is 19.4. The van der Waals surface area contributed by atoms with Crippen molar-refractivity contribution in [1.82, 2.24) is 34.9 Å². The molecule has 1 saturated carbocycles. The lowest BCUT2D eigenvalue weighted by Gasteiger charge is -2.24. The van der Waals surface area contributed by atoms with Crippen LogP contribution in [-0.2, 0) is 11.8 Å². The number of nitrogens with one attached hydrogen (secondary N) is 2. The predicted molar refractivity (Wildman–Crippen MR) is 110 cm³/mol. The van der Waals surface area contributed by atoms with Gasteiger partial charge in [0.1, 0.15) is 11.6 Å². The largest absolute Gasteiger partial charge is 0.344 e. The van der Waals surface area contributed by atoms with Gasteiger partial charge in [-0.2, -0.15) is 10.4 Å². The van der Waals surface area contributed by atoms with Crippen LogP contribution in [0.2, 0.25) is 0 Å². The average Bonchev–Trinajstić information content (AvgIpc) is 3.17. The van der Waals surface area contributed by atoms with Crippen molar-refractivity contribution in [3.05, 3.63) is 30.4 Å². The molecular weight excluding hydrogens is 396 g/mol. The first kappa shape index (κ1) is 19.2. The Morgan fingerprint density at radius 1 is 1.32 bits per heavy atom. The SMILES string of the molecule is Cn1cc(-c2cnc3[nH]cc(C(=O)NC(C(=O)N4CCC(C#N)C4)C4CC4)c3n2)cn1. The lowest BCUT2D eigenvalue weighted by atomic mass is 10.1. The summed E-state index contributed by atoms with van der Waals surface area (Å²) in [6, 6.07) is 1.65. The second-order valence-corrected chi connectivity index (χ2v) is 8.25. The predicted octanol–water partition coefficient (Wildman–Crippen LogP) is 1.24. The zero-order valence-electron chi connectivity index (χ0n) is 17.1. The molecule has 2 atom stereocenters. The number of H-pyrrole nitrogens is 1. The van der Waals surface area contributed by atoms with Crippen LogP contribution >= 0.6 is 0 Å². The Kier molecular flexibility index (Phi) is 4.66. The van der Waals surface area contributed by atoms with Crippen molar-refractivity contribution in [3.8, 4) is 17.3 Å². The Morgan fingerprint density at radius 3 is 2.84 bits per heavy atom. The molecule has 4 heterocycles. The first-order valence-electron chi connectivity index (χ1n) is 10.4. The molecule has 10 nitrogen and oxygen atoms in total. The molecule has 0 spiro atoms. The third-order valence-corrected chi connectivity index (χ3v) is 5.95. The third-order valence-electron chi connectivity index (χ3n) is 5.95. The quantitative estimate of drug-likeness (QED) is 0.641. The summed E-state index contributed by atoms with van der Waals surface area (Å²) in [4.78, 5) is 39.8. The van der Waals surface area contributed by atoms with Crippen molar-refractivity contribution in [2.45, 2.75) is 25.3 Å². The summed E-state index contributed by atoms with van der Waals surface area (Å²) in [5, 5.41) is 16.2. The van der Waals surface area contributed by atoms with Gasteiger partial charge >= 0.3 is 0 Å². The van der Waals surface area contributed by atoms with Gasteiger partial charge in [-0.25, -0.2) is 9.97 Å². The highest BCUT2D eigenvalue weighted by atomic mass is 16.2. The van der Waals surface area contributed by atoms with E-state index in [1.54, 1.807) is 28.2 Å². The van der Waals surface area contributed by atoms with Gasteiger partial charge in [0.05, 0.1) is 35.6 Å². The van der Waals surface area contributed by atoms with Crippen LogP contribution < -0.4 is 5.32 Å². The summed E-state index contributed by atoms with van der Waals surface area (Å²) in [5.41, 5.74) is 2.72. The maximum atomic E-state index is 13.1. The van der Waals surface area contributed by atoms with Crippen LogP contribution in [0.1, 0.15) is 29.6 Å². The number of nitrogens with zero attached hydrogens (tertiary/aromatic N) is 6. The number of aryl methyl sites for hydroxylation is 1. The van der Waals surface area contributed by atoms with Gasteiger partial charge in [-0.15, -0.1) is 0 Å². The molecule has 0 bridgehead atoms. The molecule has 2 amide bonds. The van der Waals surface area contributed by atoms with Crippen LogP contribution in [0, 0.1) is 23.2 Å². The molecule has 1 saturated heterocycles. The summed E-state index contributed by atoms with van der Waals surface area (Å²) >= 11 is 0. The van der Waals surface area contributed by atoms with Crippen LogP contribution in [0.3, 0.4) is 0 Å². The van der Waals surface area contributed by atoms with Crippen LogP contribution in [0.15, 0.2) is 24.8 Å². The standard InChI is InChI=1S/C21H22N8O2/c1-28-11-14(7-25-28)16-9-24-19-18(26-16)15(8-23-19)20(30)27-17(13-2-3-13)21(31)29-5-4-12(6-22)10-29/h7-9,11-13,17H,2-5,10H2,1H3,(H,23,24)(H,27,30). The van der Waals surface area contributed by atoms with Gasteiger partial charge in [-0.05, 0) is 25.2 Å². The zero-order valence-corrected chi connectivity index (χ0v) is 17.1. The molecule has 2 fully saturated rings. The fourth-order valence-corrected chi connectivity index (χ4v) is 4.05. The van der Waals surface area contributed by atoms with Gasteiger partial charge in [0.25, 0.3) is 5.91 Å². The molecule has 3 aromatic rings. The molecule has 10 heteroatoms. The van der Waals surface area contributed by atoms with Crippen LogP contribution in [-0.4, -0.2) is 60.6 Å². The molecule has 2 unspecified atom stereocenters. The number of aromatic nitrogens is 5. The second kappa shape index (κ2) is 7.50. The lowest BCUT2D eigenvalue weighted by Crippen LogP contribution is -2.49. The van der Waals surface area contributed by atoms with E-state index in [0.29, 0.717) is 41.9 Å². The second-order valence-electron chi connectivity index (χ2n) is 8.25. The van der Waals surface area contributed by atoms with Crippen molar-refractivity contribution in [1.29, 1.82) is 5.26 Å². The maximum absolute atomic E-state index is 13.1. The Hall–Kier alpha value is -3.74. The van der Waals surface area contributed by atoms with E-state index in [1.807, 2.05) is 13.2 Å². The zero-order chi connectivity index (χ0) is 21.5. The monoisotopic (exact) mass is 418 g/mol. The van der Waals surface area contributed by atoms with Gasteiger partial charge in [0, 0.05) is 38.1 Å². The highest BCUT2D eigenvalue weighted by Gasteiger charge is 2.41. The van der Waals surface area contributed by atoms with Gasteiger partial charge in [0.2, 0.25) is 5.91 Å². The number of amides is 2. The summed E-state index contributed by atoms with van der Waals surface area (Å²) in [5.74, 6) is -0.449. The number of likely N-dealkylation sites (tertiary alicyclic amines) is 1. The summed E-state index contributed by atoms with van der Waals surface area (Å²) in [6.07, 6.45) is 9.22. The highest BCUT2D eigenvalue weighted by Crippen LogP contribution is 2.34. The number of aromatic amines is 1. The number of hydrogen-bond donors (Lipinski definition) is 2. The van der Waals surface area contributed by atoms with E-state index in [1.165, 1.54) is 0 Å². The fourth-order valence-electron chi connectivity index (χ4n) is 4.05. The van der Waals surface area contributed by atoms with Crippen molar-refractivity contribution < 1.29 is 9.59 Å². The number of hydrogen-bond acceptors (Lipinski definition) is 6. The van der Waals surface area contributed by atoms with Crippen molar-refractivity contribution in [2.75, 3.05) is 13.1 Å². The van der Waals surface area contributed by atoms with E-state index >= 15 is 0 Å². The Labute approximate surface area is 178 Å². The maximum Gasteiger partial charge on any atom is 0.255 e. The molecular formula is C21H22N8O2. The molecule has 0 aromatic carbocycles. The molecule has 2 aliphatic rings. The van der Waals surface area contributed by atoms with Crippen molar-refractivity contribution in [2.24, 2.45) is 18.9 Å². The summed E-state index contributed by atoms with van der Waals surface area (Å²) < 4.78 is 1.67.